The van der Waals surface area contributed by atoms with Crippen LogP contribution in [0.25, 0.3) is 0 Å². The van der Waals surface area contributed by atoms with Gasteiger partial charge in [-0.3, -0.25) is 9.59 Å². The van der Waals surface area contributed by atoms with Gasteiger partial charge in [0.05, 0.1) is 11.3 Å². The molecule has 0 heterocycles. The van der Waals surface area contributed by atoms with Crippen LogP contribution in [0.3, 0.4) is 0 Å². The summed E-state index contributed by atoms with van der Waals surface area (Å²) in [6.07, 6.45) is 5.31. The van der Waals surface area contributed by atoms with Crippen LogP contribution < -0.4 is 10.6 Å². The summed E-state index contributed by atoms with van der Waals surface area (Å²) in [4.78, 5) is 26.3. The van der Waals surface area contributed by atoms with Crippen LogP contribution in [-0.2, 0) is 4.79 Å². The molecule has 2 amide bonds. The molecule has 4 rings (SSSR count). The first-order valence-electron chi connectivity index (χ1n) is 11.3. The van der Waals surface area contributed by atoms with Gasteiger partial charge in [0.25, 0.3) is 5.91 Å². The van der Waals surface area contributed by atoms with Crippen LogP contribution in [0.2, 0.25) is 0 Å². The highest BCUT2D eigenvalue weighted by Crippen LogP contribution is 2.49. The Morgan fingerprint density at radius 2 is 1.81 bits per heavy atom. The Balaban J connectivity index is 1.34. The fraction of sp³-hybridized carbons (Fsp3) is 0.462. The first-order chi connectivity index (χ1) is 14.9. The SMILES string of the molecule is Cc1cc(C)cc(NC(=O)c2ccccc2SCC(=O)N[C@H](C)[C@H]2C[C@H]3CC[C@H]2C3)c1. The third-order valence-electron chi connectivity index (χ3n) is 6.79. The van der Waals surface area contributed by atoms with E-state index in [1.165, 1.54) is 37.4 Å². The molecule has 0 aliphatic heterocycles. The number of benzene rings is 2. The van der Waals surface area contributed by atoms with Crippen LogP contribution in [0.15, 0.2) is 47.4 Å². The molecular weight excluding hydrogens is 404 g/mol. The monoisotopic (exact) mass is 436 g/mol. The lowest BCUT2D eigenvalue weighted by Gasteiger charge is -2.28. The molecule has 5 heteroatoms. The number of fused-ring (bicyclic) bond motifs is 2. The zero-order chi connectivity index (χ0) is 22.0. The van der Waals surface area contributed by atoms with Gasteiger partial charge in [-0.2, -0.15) is 0 Å². The summed E-state index contributed by atoms with van der Waals surface area (Å²) in [6.45, 7) is 6.19. The smallest absolute Gasteiger partial charge is 0.256 e. The highest BCUT2D eigenvalue weighted by molar-refractivity contribution is 8.00. The molecule has 2 aliphatic rings. The molecule has 164 valence electrons. The van der Waals surface area contributed by atoms with E-state index in [4.69, 9.17) is 0 Å². The molecule has 0 unspecified atom stereocenters. The van der Waals surface area contributed by atoms with Crippen LogP contribution in [0.4, 0.5) is 5.69 Å². The minimum Gasteiger partial charge on any atom is -0.353 e. The molecule has 4 atom stereocenters. The molecule has 2 fully saturated rings. The van der Waals surface area contributed by atoms with Crippen molar-refractivity contribution < 1.29 is 9.59 Å². The first-order valence-corrected chi connectivity index (χ1v) is 12.3. The molecule has 2 aromatic rings. The molecular formula is C26H32N2O2S. The van der Waals surface area contributed by atoms with Gasteiger partial charge in [-0.15, -0.1) is 11.8 Å². The van der Waals surface area contributed by atoms with Gasteiger partial charge in [-0.25, -0.2) is 0 Å². The Morgan fingerprint density at radius 1 is 1.06 bits per heavy atom. The average Bonchev–Trinajstić information content (AvgIpc) is 3.35. The fourth-order valence-corrected chi connectivity index (χ4v) is 6.34. The molecule has 2 aromatic carbocycles. The van der Waals surface area contributed by atoms with E-state index in [1.807, 2.05) is 50.2 Å². The van der Waals surface area contributed by atoms with E-state index in [-0.39, 0.29) is 17.9 Å². The minimum absolute atomic E-state index is 0.0461. The number of anilines is 1. The molecule has 0 saturated heterocycles. The second-order valence-corrected chi connectivity index (χ2v) is 10.3. The van der Waals surface area contributed by atoms with Crippen molar-refractivity contribution in [3.05, 3.63) is 59.2 Å². The van der Waals surface area contributed by atoms with E-state index in [0.29, 0.717) is 17.2 Å². The number of carbonyl (C=O) groups is 2. The third kappa shape index (κ3) is 5.32. The van der Waals surface area contributed by atoms with Gasteiger partial charge in [0.15, 0.2) is 0 Å². The van der Waals surface area contributed by atoms with Gasteiger partial charge < -0.3 is 10.6 Å². The quantitative estimate of drug-likeness (QED) is 0.556. The topological polar surface area (TPSA) is 58.2 Å². The third-order valence-corrected chi connectivity index (χ3v) is 7.87. The predicted octanol–water partition coefficient (Wildman–Crippen LogP) is 5.59. The normalized spacial score (nSPS) is 22.9. The van der Waals surface area contributed by atoms with Gasteiger partial charge in [-0.1, -0.05) is 24.6 Å². The number of hydrogen-bond donors (Lipinski definition) is 2. The zero-order valence-electron chi connectivity index (χ0n) is 18.6. The number of aryl methyl sites for hydroxylation is 2. The van der Waals surface area contributed by atoms with Crippen LogP contribution in [0, 0.1) is 31.6 Å². The maximum atomic E-state index is 12.9. The van der Waals surface area contributed by atoms with Gasteiger partial charge >= 0.3 is 0 Å². The van der Waals surface area contributed by atoms with E-state index < -0.39 is 0 Å². The van der Waals surface area contributed by atoms with E-state index >= 15 is 0 Å². The summed E-state index contributed by atoms with van der Waals surface area (Å²) >= 11 is 1.43. The van der Waals surface area contributed by atoms with E-state index in [2.05, 4.69) is 23.6 Å². The lowest BCUT2D eigenvalue weighted by Crippen LogP contribution is -2.40. The van der Waals surface area contributed by atoms with Crippen molar-refractivity contribution >= 4 is 29.3 Å². The lowest BCUT2D eigenvalue weighted by atomic mass is 9.84. The second-order valence-electron chi connectivity index (χ2n) is 9.31. The number of rotatable bonds is 7. The van der Waals surface area contributed by atoms with Crippen LogP contribution in [0.1, 0.15) is 54.1 Å². The standard InChI is InChI=1S/C26H32N2O2S/c1-16-10-17(2)12-21(11-16)28-26(30)22-6-4-5-7-24(22)31-15-25(29)27-18(3)23-14-19-8-9-20(23)13-19/h4-7,10-12,18-20,23H,8-9,13-15H2,1-3H3,(H,27,29)(H,28,30)/t18-,19+,20+,23-/m1/s1. The maximum absolute atomic E-state index is 12.9. The molecule has 0 radical (unpaired) electrons. The van der Waals surface area contributed by atoms with E-state index in [1.54, 1.807) is 0 Å². The molecule has 0 spiro atoms. The number of amides is 2. The highest BCUT2D eigenvalue weighted by Gasteiger charge is 2.42. The fourth-order valence-electron chi connectivity index (χ4n) is 5.48. The molecule has 0 aromatic heterocycles. The van der Waals surface area contributed by atoms with Crippen molar-refractivity contribution in [2.24, 2.45) is 17.8 Å². The second kappa shape index (κ2) is 9.47. The Labute approximate surface area is 189 Å². The van der Waals surface area contributed by atoms with Crippen molar-refractivity contribution in [3.63, 3.8) is 0 Å². The summed E-state index contributed by atoms with van der Waals surface area (Å²) in [5.41, 5.74) is 3.61. The Kier molecular flexibility index (Phi) is 6.71. The zero-order valence-corrected chi connectivity index (χ0v) is 19.4. The summed E-state index contributed by atoms with van der Waals surface area (Å²) < 4.78 is 0. The highest BCUT2D eigenvalue weighted by atomic mass is 32.2. The van der Waals surface area contributed by atoms with Gasteiger partial charge in [0.2, 0.25) is 5.91 Å². The number of carbonyl (C=O) groups excluding carboxylic acids is 2. The van der Waals surface area contributed by atoms with Crippen molar-refractivity contribution in [2.75, 3.05) is 11.1 Å². The molecule has 4 nitrogen and oxygen atoms in total. The van der Waals surface area contributed by atoms with Crippen molar-refractivity contribution in [3.8, 4) is 0 Å². The number of nitrogens with one attached hydrogen (secondary N) is 2. The Morgan fingerprint density at radius 3 is 2.48 bits per heavy atom. The van der Waals surface area contributed by atoms with Gasteiger partial charge in [-0.05, 0) is 93.2 Å². The number of hydrogen-bond acceptors (Lipinski definition) is 3. The van der Waals surface area contributed by atoms with E-state index in [9.17, 15) is 9.59 Å². The first kappa shape index (κ1) is 21.9. The van der Waals surface area contributed by atoms with Crippen molar-refractivity contribution in [1.82, 2.24) is 5.32 Å². The van der Waals surface area contributed by atoms with Crippen molar-refractivity contribution in [1.29, 1.82) is 0 Å². The summed E-state index contributed by atoms with van der Waals surface area (Å²) in [7, 11) is 0. The van der Waals surface area contributed by atoms with Gasteiger partial charge in [0.1, 0.15) is 0 Å². The molecule has 2 saturated carbocycles. The predicted molar refractivity (Wildman–Crippen MR) is 128 cm³/mol. The Hall–Kier alpha value is -2.27. The number of thioether (sulfide) groups is 1. The molecule has 2 aliphatic carbocycles. The summed E-state index contributed by atoms with van der Waals surface area (Å²) in [5, 5.41) is 6.22. The van der Waals surface area contributed by atoms with Crippen LogP contribution >= 0.6 is 11.8 Å². The summed E-state index contributed by atoms with van der Waals surface area (Å²) in [6, 6.07) is 13.7. The minimum atomic E-state index is -0.149. The van der Waals surface area contributed by atoms with Crippen LogP contribution in [0.5, 0.6) is 0 Å². The van der Waals surface area contributed by atoms with Crippen LogP contribution in [-0.4, -0.2) is 23.6 Å². The van der Waals surface area contributed by atoms with Gasteiger partial charge in [0, 0.05) is 16.6 Å². The van der Waals surface area contributed by atoms with Crippen molar-refractivity contribution in [2.45, 2.75) is 57.4 Å². The molecule has 2 N–H and O–H groups in total. The Bertz CT molecular complexity index is 953. The molecule has 31 heavy (non-hydrogen) atoms. The molecule has 2 bridgehead atoms. The maximum Gasteiger partial charge on any atom is 0.256 e. The largest absolute Gasteiger partial charge is 0.353 e. The van der Waals surface area contributed by atoms with E-state index in [0.717, 1.165) is 33.5 Å². The lowest BCUT2D eigenvalue weighted by molar-refractivity contribution is -0.119. The average molecular weight is 437 g/mol. The summed E-state index contributed by atoms with van der Waals surface area (Å²) in [5.74, 6) is 2.52.